The van der Waals surface area contributed by atoms with Gasteiger partial charge in [-0.25, -0.2) is 0 Å². The minimum Gasteiger partial charge on any atom is -0.285 e. The van der Waals surface area contributed by atoms with Gasteiger partial charge in [0.15, 0.2) is 0 Å². The number of nitrogens with zero attached hydrogens (tertiary/aromatic N) is 1. The molecule has 1 saturated heterocycles. The van der Waals surface area contributed by atoms with Crippen LogP contribution in [0.3, 0.4) is 0 Å². The summed E-state index contributed by atoms with van der Waals surface area (Å²) in [6, 6.07) is 0. The molecule has 2 aliphatic rings. The number of amides is 2. The second kappa shape index (κ2) is 6.02. The molecule has 1 spiro atoms. The highest BCUT2D eigenvalue weighted by Gasteiger charge is 2.49. The number of rotatable bonds is 0. The molecule has 0 aromatic heterocycles. The third kappa shape index (κ3) is 2.45. The van der Waals surface area contributed by atoms with E-state index >= 15 is 0 Å². The Morgan fingerprint density at radius 3 is 1.94 bits per heavy atom. The van der Waals surface area contributed by atoms with Crippen LogP contribution >= 0.6 is 0 Å². The normalized spacial score (nSPS) is 22.6. The monoisotopic (exact) mass is 227 g/mol. The van der Waals surface area contributed by atoms with Crippen molar-refractivity contribution in [3.05, 3.63) is 0 Å². The fourth-order valence-electron chi connectivity index (χ4n) is 2.57. The van der Waals surface area contributed by atoms with E-state index < -0.39 is 0 Å². The second-order valence-corrected chi connectivity index (χ2v) is 4.28. The van der Waals surface area contributed by atoms with Crippen molar-refractivity contribution in [2.45, 2.75) is 59.8 Å². The first-order valence-corrected chi connectivity index (χ1v) is 5.97. The summed E-state index contributed by atoms with van der Waals surface area (Å²) in [5.74, 6) is 0.0732. The predicted octanol–water partition coefficient (Wildman–Crippen LogP) is 2.99. The van der Waals surface area contributed by atoms with E-state index in [0.29, 0.717) is 6.42 Å². The van der Waals surface area contributed by atoms with Crippen LogP contribution in [-0.2, 0) is 9.59 Å². The molecule has 2 rings (SSSR count). The van der Waals surface area contributed by atoms with Crippen LogP contribution in [0.2, 0.25) is 0 Å². The molecule has 16 heavy (non-hydrogen) atoms. The molecule has 0 N–H and O–H groups in total. The fourth-order valence-corrected chi connectivity index (χ4v) is 2.57. The summed E-state index contributed by atoms with van der Waals surface area (Å²) < 4.78 is 0. The van der Waals surface area contributed by atoms with Gasteiger partial charge in [0.2, 0.25) is 11.8 Å². The molecule has 3 nitrogen and oxygen atoms in total. The maximum absolute atomic E-state index is 11.8. The Morgan fingerprint density at radius 1 is 1.06 bits per heavy atom. The number of hydrogen-bond acceptors (Lipinski definition) is 2. The smallest absolute Gasteiger partial charge is 0.235 e. The summed E-state index contributed by atoms with van der Waals surface area (Å²) >= 11 is 0. The molecule has 1 heterocycles. The van der Waals surface area contributed by atoms with E-state index in [4.69, 9.17) is 0 Å². The molecule has 0 radical (unpaired) electrons. The zero-order chi connectivity index (χ0) is 11.5. The minimum absolute atomic E-state index is 0. The van der Waals surface area contributed by atoms with E-state index in [2.05, 4.69) is 0 Å². The van der Waals surface area contributed by atoms with E-state index in [1.807, 2.05) is 13.8 Å². The zero-order valence-electron chi connectivity index (χ0n) is 10.0. The highest BCUT2D eigenvalue weighted by molar-refractivity contribution is 6.05. The quantitative estimate of drug-likeness (QED) is 0.597. The number of likely N-dealkylation sites (tertiary alicyclic amines) is 1. The highest BCUT2D eigenvalue weighted by atomic mass is 16.2. The zero-order valence-corrected chi connectivity index (χ0v) is 10.0. The summed E-state index contributed by atoms with van der Waals surface area (Å²) in [6.07, 6.45) is 5.72. The maximum atomic E-state index is 11.8. The molecule has 0 aromatic carbocycles. The van der Waals surface area contributed by atoms with Gasteiger partial charge in [0.05, 0.1) is 5.41 Å². The van der Waals surface area contributed by atoms with Crippen molar-refractivity contribution < 1.29 is 9.59 Å². The van der Waals surface area contributed by atoms with Crippen molar-refractivity contribution in [1.29, 1.82) is 0 Å². The van der Waals surface area contributed by atoms with Gasteiger partial charge in [0, 0.05) is 13.5 Å². The summed E-state index contributed by atoms with van der Waals surface area (Å²) in [6.45, 7) is 4.00. The molecular formula is C13H25NO2. The Balaban J connectivity index is 0.000000711. The van der Waals surface area contributed by atoms with Crippen LogP contribution in [0.15, 0.2) is 0 Å². The van der Waals surface area contributed by atoms with Crippen LogP contribution < -0.4 is 0 Å². The van der Waals surface area contributed by atoms with Gasteiger partial charge in [-0.2, -0.15) is 0 Å². The Hall–Kier alpha value is -0.860. The molecule has 0 atom stereocenters. The average Bonchev–Trinajstić information content (AvgIpc) is 2.48. The summed E-state index contributed by atoms with van der Waals surface area (Å²) in [4.78, 5) is 24.5. The first kappa shape index (κ1) is 15.1. The predicted molar refractivity (Wildman–Crippen MR) is 66.0 cm³/mol. The molecule has 2 fully saturated rings. The first-order valence-electron chi connectivity index (χ1n) is 5.97. The van der Waals surface area contributed by atoms with E-state index in [1.165, 1.54) is 11.3 Å². The van der Waals surface area contributed by atoms with Gasteiger partial charge in [-0.1, -0.05) is 40.5 Å². The topological polar surface area (TPSA) is 37.4 Å². The van der Waals surface area contributed by atoms with Gasteiger partial charge in [-0.15, -0.1) is 0 Å². The second-order valence-electron chi connectivity index (χ2n) is 4.28. The molecule has 1 aliphatic heterocycles. The van der Waals surface area contributed by atoms with Crippen LogP contribution in [0.25, 0.3) is 0 Å². The highest BCUT2D eigenvalue weighted by Crippen LogP contribution is 2.44. The number of imide groups is 1. The summed E-state index contributed by atoms with van der Waals surface area (Å²) in [5.41, 5.74) is -0.288. The van der Waals surface area contributed by atoms with Gasteiger partial charge in [-0.05, 0) is 12.8 Å². The van der Waals surface area contributed by atoms with Crippen molar-refractivity contribution in [3.8, 4) is 0 Å². The fraction of sp³-hybridized carbons (Fsp3) is 0.846. The molecule has 1 aliphatic carbocycles. The Kier molecular flexibility index (Phi) is 5.70. The van der Waals surface area contributed by atoms with Crippen LogP contribution in [0, 0.1) is 5.41 Å². The standard InChI is InChI=1S/C10H15NO2.C2H6.CH4/c1-11-8(12)7-10(9(11)13)5-3-2-4-6-10;1-2;/h2-7H2,1H3;1-2H3;1H4. The van der Waals surface area contributed by atoms with Crippen molar-refractivity contribution in [2.24, 2.45) is 5.41 Å². The Bertz CT molecular complexity index is 255. The van der Waals surface area contributed by atoms with Gasteiger partial charge >= 0.3 is 0 Å². The number of carbonyl (C=O) groups excluding carboxylic acids is 2. The Morgan fingerprint density at radius 2 is 1.56 bits per heavy atom. The van der Waals surface area contributed by atoms with Crippen molar-refractivity contribution in [2.75, 3.05) is 7.05 Å². The summed E-state index contributed by atoms with van der Waals surface area (Å²) in [5, 5.41) is 0. The van der Waals surface area contributed by atoms with Gasteiger partial charge in [-0.3, -0.25) is 14.5 Å². The van der Waals surface area contributed by atoms with Crippen LogP contribution in [0.1, 0.15) is 59.8 Å². The molecule has 3 heteroatoms. The first-order chi connectivity index (χ1) is 7.16. The van der Waals surface area contributed by atoms with E-state index in [0.717, 1.165) is 25.7 Å². The molecule has 94 valence electrons. The van der Waals surface area contributed by atoms with Crippen molar-refractivity contribution in [1.82, 2.24) is 4.90 Å². The lowest BCUT2D eigenvalue weighted by atomic mass is 9.73. The molecule has 2 amide bonds. The summed E-state index contributed by atoms with van der Waals surface area (Å²) in [7, 11) is 1.61. The lowest BCUT2D eigenvalue weighted by Gasteiger charge is -2.29. The SMILES string of the molecule is C.CC.CN1C(=O)CC2(CCCCC2)C1=O. The minimum atomic E-state index is -0.288. The van der Waals surface area contributed by atoms with Crippen LogP contribution in [0.5, 0.6) is 0 Å². The lowest BCUT2D eigenvalue weighted by molar-refractivity contribution is -0.140. The average molecular weight is 227 g/mol. The van der Waals surface area contributed by atoms with E-state index in [9.17, 15) is 9.59 Å². The van der Waals surface area contributed by atoms with Crippen LogP contribution in [0.4, 0.5) is 0 Å². The van der Waals surface area contributed by atoms with Gasteiger partial charge in [0.1, 0.15) is 0 Å². The number of carbonyl (C=O) groups is 2. The van der Waals surface area contributed by atoms with Gasteiger partial charge in [0.25, 0.3) is 0 Å². The lowest BCUT2D eigenvalue weighted by Crippen LogP contribution is -2.34. The Labute approximate surface area is 99.2 Å². The third-order valence-electron chi connectivity index (χ3n) is 3.43. The largest absolute Gasteiger partial charge is 0.285 e. The van der Waals surface area contributed by atoms with Crippen LogP contribution in [-0.4, -0.2) is 23.8 Å². The molecule has 0 bridgehead atoms. The maximum Gasteiger partial charge on any atom is 0.235 e. The third-order valence-corrected chi connectivity index (χ3v) is 3.43. The molecule has 0 aromatic rings. The van der Waals surface area contributed by atoms with E-state index in [1.54, 1.807) is 7.05 Å². The van der Waals surface area contributed by atoms with Crippen molar-refractivity contribution >= 4 is 11.8 Å². The molecule has 1 saturated carbocycles. The van der Waals surface area contributed by atoms with E-state index in [-0.39, 0.29) is 24.7 Å². The van der Waals surface area contributed by atoms with Gasteiger partial charge < -0.3 is 0 Å². The molecular weight excluding hydrogens is 202 g/mol. The van der Waals surface area contributed by atoms with Crippen molar-refractivity contribution in [3.63, 3.8) is 0 Å². The number of hydrogen-bond donors (Lipinski definition) is 0. The molecule has 0 unspecified atom stereocenters.